The predicted molar refractivity (Wildman–Crippen MR) is 44.5 cm³/mol. The van der Waals surface area contributed by atoms with Crippen LogP contribution in [0.3, 0.4) is 0 Å². The van der Waals surface area contributed by atoms with Crippen LogP contribution in [-0.2, 0) is 0 Å². The molecule has 0 spiro atoms. The van der Waals surface area contributed by atoms with Crippen LogP contribution in [-0.4, -0.2) is 0 Å². The molecule has 0 radical (unpaired) electrons. The van der Waals surface area contributed by atoms with Gasteiger partial charge in [0.2, 0.25) is 0 Å². The molecule has 54 valence electrons. The highest BCUT2D eigenvalue weighted by Gasteiger charge is 2.32. The van der Waals surface area contributed by atoms with E-state index in [2.05, 4.69) is 31.8 Å². The second-order valence-electron chi connectivity index (χ2n) is 3.32. The summed E-state index contributed by atoms with van der Waals surface area (Å²) >= 11 is 0. The van der Waals surface area contributed by atoms with E-state index in [-0.39, 0.29) is 0 Å². The Morgan fingerprint density at radius 3 is 2.50 bits per heavy atom. The van der Waals surface area contributed by atoms with Crippen LogP contribution < -0.4 is 0 Å². The summed E-state index contributed by atoms with van der Waals surface area (Å²) in [6.45, 7) is 6.40. The van der Waals surface area contributed by atoms with Crippen molar-refractivity contribution in [3.63, 3.8) is 0 Å². The molecular formula is C10H14. The highest BCUT2D eigenvalue weighted by Crippen LogP contribution is 2.45. The lowest BCUT2D eigenvalue weighted by Gasteiger charge is -2.00. The van der Waals surface area contributed by atoms with Gasteiger partial charge in [-0.25, -0.2) is 0 Å². The largest absolute Gasteiger partial charge is 0.107 e. The molecule has 0 aliphatic heterocycles. The van der Waals surface area contributed by atoms with Crippen LogP contribution in [0.5, 0.6) is 0 Å². The first-order valence-electron chi connectivity index (χ1n) is 3.78. The maximum Gasteiger partial charge on any atom is 0.0126 e. The molecule has 0 heteroatoms. The fourth-order valence-electron chi connectivity index (χ4n) is 1.12. The monoisotopic (exact) mass is 134 g/mol. The first-order chi connectivity index (χ1) is 4.67. The van der Waals surface area contributed by atoms with Gasteiger partial charge in [0.1, 0.15) is 0 Å². The SMILES string of the molecule is CC#CCCC1=CC1(C)C. The van der Waals surface area contributed by atoms with E-state index in [9.17, 15) is 0 Å². The zero-order chi connectivity index (χ0) is 7.61. The molecule has 0 fully saturated rings. The molecule has 0 amide bonds. The Morgan fingerprint density at radius 2 is 2.10 bits per heavy atom. The predicted octanol–water partition coefficient (Wildman–Crippen LogP) is 2.76. The standard InChI is InChI=1S/C10H14/c1-4-5-6-7-9-8-10(9,2)3/h8H,6-7H2,1-3H3. The van der Waals surface area contributed by atoms with Crippen LogP contribution in [0, 0.1) is 17.3 Å². The lowest BCUT2D eigenvalue weighted by atomic mass is 10.0. The molecule has 0 atom stereocenters. The average Bonchev–Trinajstić information content (AvgIpc) is 2.41. The van der Waals surface area contributed by atoms with Crippen molar-refractivity contribution < 1.29 is 0 Å². The van der Waals surface area contributed by atoms with Crippen LogP contribution in [0.25, 0.3) is 0 Å². The third-order valence-electron chi connectivity index (χ3n) is 1.98. The molecule has 0 unspecified atom stereocenters. The summed E-state index contributed by atoms with van der Waals surface area (Å²) in [4.78, 5) is 0. The average molecular weight is 134 g/mol. The van der Waals surface area contributed by atoms with Gasteiger partial charge in [-0.1, -0.05) is 25.5 Å². The topological polar surface area (TPSA) is 0 Å². The molecular weight excluding hydrogens is 120 g/mol. The summed E-state index contributed by atoms with van der Waals surface area (Å²) in [7, 11) is 0. The Morgan fingerprint density at radius 1 is 1.50 bits per heavy atom. The van der Waals surface area contributed by atoms with Crippen LogP contribution in [0.4, 0.5) is 0 Å². The van der Waals surface area contributed by atoms with E-state index in [1.807, 2.05) is 6.92 Å². The smallest absolute Gasteiger partial charge is 0.0126 e. The first-order valence-corrected chi connectivity index (χ1v) is 3.78. The Labute approximate surface area is 63.3 Å². The lowest BCUT2D eigenvalue weighted by Crippen LogP contribution is -1.88. The van der Waals surface area contributed by atoms with E-state index >= 15 is 0 Å². The zero-order valence-electron chi connectivity index (χ0n) is 6.99. The van der Waals surface area contributed by atoms with Gasteiger partial charge in [0.25, 0.3) is 0 Å². The van der Waals surface area contributed by atoms with Gasteiger partial charge >= 0.3 is 0 Å². The van der Waals surface area contributed by atoms with Gasteiger partial charge in [-0.15, -0.1) is 11.8 Å². The molecule has 0 N–H and O–H groups in total. The first kappa shape index (κ1) is 7.41. The molecule has 1 rings (SSSR count). The summed E-state index contributed by atoms with van der Waals surface area (Å²) < 4.78 is 0. The molecule has 0 aromatic heterocycles. The molecule has 0 heterocycles. The fourth-order valence-corrected chi connectivity index (χ4v) is 1.12. The third-order valence-corrected chi connectivity index (χ3v) is 1.98. The van der Waals surface area contributed by atoms with Gasteiger partial charge in [0.15, 0.2) is 0 Å². The van der Waals surface area contributed by atoms with E-state index in [4.69, 9.17) is 0 Å². The van der Waals surface area contributed by atoms with Gasteiger partial charge < -0.3 is 0 Å². The lowest BCUT2D eigenvalue weighted by molar-refractivity contribution is 0.675. The Balaban J connectivity index is 2.17. The molecule has 0 aromatic carbocycles. The van der Waals surface area contributed by atoms with Crippen molar-refractivity contribution in [1.82, 2.24) is 0 Å². The highest BCUT2D eigenvalue weighted by atomic mass is 14.4. The van der Waals surface area contributed by atoms with E-state index in [1.54, 1.807) is 5.57 Å². The second-order valence-corrected chi connectivity index (χ2v) is 3.32. The Bertz CT molecular complexity index is 208. The quantitative estimate of drug-likeness (QED) is 0.402. The summed E-state index contributed by atoms with van der Waals surface area (Å²) in [6.07, 6.45) is 4.53. The molecule has 1 aliphatic rings. The molecule has 0 aromatic rings. The summed E-state index contributed by atoms with van der Waals surface area (Å²) in [5.41, 5.74) is 2.02. The minimum absolute atomic E-state index is 0.440. The summed E-state index contributed by atoms with van der Waals surface area (Å²) in [5, 5.41) is 0. The molecule has 10 heavy (non-hydrogen) atoms. The van der Waals surface area contributed by atoms with Crippen LogP contribution in [0.15, 0.2) is 11.6 Å². The van der Waals surface area contributed by atoms with Crippen molar-refractivity contribution in [2.75, 3.05) is 0 Å². The molecule has 0 saturated carbocycles. The molecule has 0 saturated heterocycles. The van der Waals surface area contributed by atoms with Gasteiger partial charge in [0, 0.05) is 11.8 Å². The van der Waals surface area contributed by atoms with E-state index in [0.29, 0.717) is 5.41 Å². The fraction of sp³-hybridized carbons (Fsp3) is 0.600. The number of hydrogen-bond acceptors (Lipinski definition) is 0. The van der Waals surface area contributed by atoms with Crippen molar-refractivity contribution in [3.8, 4) is 11.8 Å². The number of allylic oxidation sites excluding steroid dienone is 2. The number of hydrogen-bond donors (Lipinski definition) is 0. The minimum Gasteiger partial charge on any atom is -0.107 e. The van der Waals surface area contributed by atoms with Crippen molar-refractivity contribution in [2.24, 2.45) is 5.41 Å². The van der Waals surface area contributed by atoms with E-state index in [0.717, 1.165) is 6.42 Å². The zero-order valence-corrected chi connectivity index (χ0v) is 6.99. The van der Waals surface area contributed by atoms with Crippen molar-refractivity contribution in [2.45, 2.75) is 33.6 Å². The molecule has 1 aliphatic carbocycles. The number of rotatable bonds is 2. The summed E-state index contributed by atoms with van der Waals surface area (Å²) in [6, 6.07) is 0. The van der Waals surface area contributed by atoms with Crippen LogP contribution >= 0.6 is 0 Å². The maximum absolute atomic E-state index is 3.07. The second kappa shape index (κ2) is 2.50. The van der Waals surface area contributed by atoms with Gasteiger partial charge in [-0.3, -0.25) is 0 Å². The van der Waals surface area contributed by atoms with Crippen LogP contribution in [0.2, 0.25) is 0 Å². The molecule has 0 bridgehead atoms. The minimum atomic E-state index is 0.440. The van der Waals surface area contributed by atoms with E-state index in [1.165, 1.54) is 6.42 Å². The van der Waals surface area contributed by atoms with Gasteiger partial charge in [0.05, 0.1) is 0 Å². The Kier molecular flexibility index (Phi) is 1.85. The van der Waals surface area contributed by atoms with Crippen molar-refractivity contribution in [1.29, 1.82) is 0 Å². The third kappa shape index (κ3) is 1.64. The van der Waals surface area contributed by atoms with Crippen molar-refractivity contribution in [3.05, 3.63) is 11.6 Å². The van der Waals surface area contributed by atoms with E-state index < -0.39 is 0 Å². The highest BCUT2D eigenvalue weighted by molar-refractivity contribution is 5.36. The normalized spacial score (nSPS) is 18.9. The van der Waals surface area contributed by atoms with Crippen molar-refractivity contribution >= 4 is 0 Å². The van der Waals surface area contributed by atoms with Crippen LogP contribution in [0.1, 0.15) is 33.6 Å². The maximum atomic E-state index is 3.07. The molecule has 0 nitrogen and oxygen atoms in total. The van der Waals surface area contributed by atoms with Gasteiger partial charge in [-0.05, 0) is 13.3 Å². The van der Waals surface area contributed by atoms with Gasteiger partial charge in [-0.2, -0.15) is 0 Å². The Hall–Kier alpha value is -0.700. The summed E-state index contributed by atoms with van der Waals surface area (Å²) in [5.74, 6) is 5.97.